The topological polar surface area (TPSA) is 17.1 Å². The molecule has 0 spiro atoms. The molecule has 0 saturated carbocycles. The van der Waals surface area contributed by atoms with E-state index in [0.717, 1.165) is 25.7 Å². The van der Waals surface area contributed by atoms with Crippen LogP contribution < -0.4 is 0 Å². The first-order valence-corrected chi connectivity index (χ1v) is 12.5. The van der Waals surface area contributed by atoms with Gasteiger partial charge < -0.3 is 0 Å². The summed E-state index contributed by atoms with van der Waals surface area (Å²) >= 11 is 0. The van der Waals surface area contributed by atoms with Gasteiger partial charge in [0.2, 0.25) is 0 Å². The minimum Gasteiger partial charge on any atom is -0.300 e. The summed E-state index contributed by atoms with van der Waals surface area (Å²) in [4.78, 5) is 11.9. The van der Waals surface area contributed by atoms with Gasteiger partial charge in [-0.15, -0.1) is 0 Å². The molecule has 0 aromatic rings. The molecular weight excluding hydrogens is 328 g/mol. The Bertz CT molecular complexity index is 318. The average molecular weight is 379 g/mol. The number of carbonyl (C=O) groups is 1. The maximum atomic E-state index is 11.9. The fraction of sp³-hybridized carbons (Fsp3) is 0.885. The molecule has 0 atom stereocenters. The van der Waals surface area contributed by atoms with E-state index in [9.17, 15) is 4.79 Å². The zero-order valence-corrected chi connectivity index (χ0v) is 18.9. The molecule has 27 heavy (non-hydrogen) atoms. The molecule has 1 heteroatoms. The van der Waals surface area contributed by atoms with Gasteiger partial charge in [-0.2, -0.15) is 0 Å². The zero-order chi connectivity index (χ0) is 19.8. The number of hydrogen-bond acceptors (Lipinski definition) is 1. The summed E-state index contributed by atoms with van der Waals surface area (Å²) in [5, 5.41) is 0. The van der Waals surface area contributed by atoms with Crippen molar-refractivity contribution in [2.45, 2.75) is 149 Å². The van der Waals surface area contributed by atoms with E-state index in [1.807, 2.05) is 0 Å². The highest BCUT2D eigenvalue weighted by atomic mass is 16.1. The Morgan fingerprint density at radius 1 is 0.481 bits per heavy atom. The van der Waals surface area contributed by atoms with Crippen LogP contribution in [0, 0.1) is 0 Å². The monoisotopic (exact) mass is 378 g/mol. The van der Waals surface area contributed by atoms with E-state index in [1.165, 1.54) is 109 Å². The van der Waals surface area contributed by atoms with Crippen molar-refractivity contribution < 1.29 is 4.79 Å². The second-order valence-electron chi connectivity index (χ2n) is 8.39. The predicted octanol–water partition coefficient (Wildman–Crippen LogP) is 9.34. The van der Waals surface area contributed by atoms with Gasteiger partial charge in [0.05, 0.1) is 0 Å². The van der Waals surface area contributed by atoms with Gasteiger partial charge in [-0.25, -0.2) is 0 Å². The fourth-order valence-electron chi connectivity index (χ4n) is 3.63. The molecule has 160 valence electrons. The maximum absolute atomic E-state index is 11.9. The predicted molar refractivity (Wildman–Crippen MR) is 122 cm³/mol. The van der Waals surface area contributed by atoms with E-state index >= 15 is 0 Å². The third-order valence-electron chi connectivity index (χ3n) is 5.54. The van der Waals surface area contributed by atoms with Crippen LogP contribution in [-0.2, 0) is 4.79 Å². The minimum atomic E-state index is 0.465. The molecule has 0 amide bonds. The van der Waals surface area contributed by atoms with Crippen LogP contribution in [-0.4, -0.2) is 5.78 Å². The first-order chi connectivity index (χ1) is 13.3. The Morgan fingerprint density at radius 3 is 1.41 bits per heavy atom. The number of rotatable bonds is 22. The maximum Gasteiger partial charge on any atom is 0.133 e. The second-order valence-corrected chi connectivity index (χ2v) is 8.39. The van der Waals surface area contributed by atoms with E-state index in [-0.39, 0.29) is 0 Å². The van der Waals surface area contributed by atoms with Crippen LogP contribution >= 0.6 is 0 Å². The SMILES string of the molecule is CCCCCC=CCCC(=O)CCCCCCCCCCCCCCCC. The molecule has 0 aliphatic heterocycles. The molecule has 0 saturated heterocycles. The molecule has 0 N–H and O–H groups in total. The van der Waals surface area contributed by atoms with E-state index in [0.29, 0.717) is 5.78 Å². The first kappa shape index (κ1) is 26.4. The van der Waals surface area contributed by atoms with Gasteiger partial charge in [-0.05, 0) is 25.7 Å². The van der Waals surface area contributed by atoms with Gasteiger partial charge in [0, 0.05) is 12.8 Å². The summed E-state index contributed by atoms with van der Waals surface area (Å²) in [6.45, 7) is 4.52. The molecule has 0 unspecified atom stereocenters. The van der Waals surface area contributed by atoms with Gasteiger partial charge in [-0.1, -0.05) is 122 Å². The van der Waals surface area contributed by atoms with Gasteiger partial charge in [0.15, 0.2) is 0 Å². The molecule has 0 radical (unpaired) electrons. The van der Waals surface area contributed by atoms with Crippen LogP contribution in [0.2, 0.25) is 0 Å². The molecule has 0 aromatic carbocycles. The molecular formula is C26H50O. The third kappa shape index (κ3) is 23.4. The molecule has 0 aromatic heterocycles. The van der Waals surface area contributed by atoms with Crippen molar-refractivity contribution in [3.05, 3.63) is 12.2 Å². The van der Waals surface area contributed by atoms with Crippen LogP contribution in [0.5, 0.6) is 0 Å². The molecule has 0 fully saturated rings. The Labute approximate surface area is 171 Å². The number of hydrogen-bond donors (Lipinski definition) is 0. The Balaban J connectivity index is 3.18. The molecule has 0 heterocycles. The summed E-state index contributed by atoms with van der Waals surface area (Å²) in [6, 6.07) is 0. The van der Waals surface area contributed by atoms with E-state index in [2.05, 4.69) is 26.0 Å². The average Bonchev–Trinajstić information content (AvgIpc) is 2.67. The third-order valence-corrected chi connectivity index (χ3v) is 5.54. The quantitative estimate of drug-likeness (QED) is 0.135. The lowest BCUT2D eigenvalue weighted by Crippen LogP contribution is -1.96. The van der Waals surface area contributed by atoms with Crippen LogP contribution in [0.15, 0.2) is 12.2 Å². The number of allylic oxidation sites excluding steroid dienone is 2. The van der Waals surface area contributed by atoms with Crippen LogP contribution in [0.3, 0.4) is 0 Å². The van der Waals surface area contributed by atoms with Gasteiger partial charge in [0.1, 0.15) is 5.78 Å². The largest absolute Gasteiger partial charge is 0.300 e. The summed E-state index contributed by atoms with van der Waals surface area (Å²) in [5.74, 6) is 0.465. The first-order valence-electron chi connectivity index (χ1n) is 12.5. The van der Waals surface area contributed by atoms with Crippen molar-refractivity contribution in [3.63, 3.8) is 0 Å². The van der Waals surface area contributed by atoms with Crippen molar-refractivity contribution in [2.75, 3.05) is 0 Å². The highest BCUT2D eigenvalue weighted by Crippen LogP contribution is 2.13. The zero-order valence-electron chi connectivity index (χ0n) is 18.9. The fourth-order valence-corrected chi connectivity index (χ4v) is 3.63. The molecule has 1 nitrogen and oxygen atoms in total. The van der Waals surface area contributed by atoms with Crippen LogP contribution in [0.1, 0.15) is 149 Å². The summed E-state index contributed by atoms with van der Waals surface area (Å²) in [5.41, 5.74) is 0. The van der Waals surface area contributed by atoms with Crippen molar-refractivity contribution in [2.24, 2.45) is 0 Å². The number of Topliss-reactive ketones (excluding diaryl/α,β-unsaturated/α-hetero) is 1. The van der Waals surface area contributed by atoms with Crippen molar-refractivity contribution in [1.29, 1.82) is 0 Å². The molecule has 0 aliphatic rings. The van der Waals surface area contributed by atoms with E-state index < -0.39 is 0 Å². The summed E-state index contributed by atoms with van der Waals surface area (Å²) in [6.07, 6.45) is 31.3. The van der Waals surface area contributed by atoms with Crippen molar-refractivity contribution in [1.82, 2.24) is 0 Å². The molecule has 0 rings (SSSR count). The normalized spacial score (nSPS) is 11.5. The highest BCUT2D eigenvalue weighted by molar-refractivity contribution is 5.78. The smallest absolute Gasteiger partial charge is 0.133 e. The second kappa shape index (κ2) is 23.4. The van der Waals surface area contributed by atoms with Crippen LogP contribution in [0.25, 0.3) is 0 Å². The Hall–Kier alpha value is -0.590. The van der Waals surface area contributed by atoms with Gasteiger partial charge in [-0.3, -0.25) is 4.79 Å². The van der Waals surface area contributed by atoms with Crippen molar-refractivity contribution >= 4 is 5.78 Å². The Kier molecular flexibility index (Phi) is 22.9. The molecule has 0 aliphatic carbocycles. The van der Waals surface area contributed by atoms with Crippen molar-refractivity contribution in [3.8, 4) is 0 Å². The number of carbonyl (C=O) groups excluding carboxylic acids is 1. The molecule has 0 bridgehead atoms. The standard InChI is InChI=1S/C26H50O/c1-3-5-7-9-11-12-13-14-15-16-17-19-21-23-25-26(27)24-22-20-18-10-8-6-4-2/h18,20H,3-17,19,21-25H2,1-2H3. The lowest BCUT2D eigenvalue weighted by atomic mass is 10.0. The summed E-state index contributed by atoms with van der Waals surface area (Å²) < 4.78 is 0. The Morgan fingerprint density at radius 2 is 0.889 bits per heavy atom. The number of unbranched alkanes of at least 4 members (excludes halogenated alkanes) is 16. The highest BCUT2D eigenvalue weighted by Gasteiger charge is 2.00. The summed E-state index contributed by atoms with van der Waals surface area (Å²) in [7, 11) is 0. The lowest BCUT2D eigenvalue weighted by Gasteiger charge is -2.03. The van der Waals surface area contributed by atoms with Gasteiger partial charge >= 0.3 is 0 Å². The number of ketones is 1. The van der Waals surface area contributed by atoms with Crippen LogP contribution in [0.4, 0.5) is 0 Å². The van der Waals surface area contributed by atoms with E-state index in [4.69, 9.17) is 0 Å². The van der Waals surface area contributed by atoms with E-state index in [1.54, 1.807) is 0 Å². The minimum absolute atomic E-state index is 0.465. The van der Waals surface area contributed by atoms with Gasteiger partial charge in [0.25, 0.3) is 0 Å². The lowest BCUT2D eigenvalue weighted by molar-refractivity contribution is -0.119.